The Kier molecular flexibility index (Phi) is 4.74. The van der Waals surface area contributed by atoms with Crippen LogP contribution >= 0.6 is 11.3 Å². The number of thiophene rings is 1. The van der Waals surface area contributed by atoms with Gasteiger partial charge in [0, 0.05) is 42.2 Å². The molecule has 6 nitrogen and oxygen atoms in total. The molecule has 0 spiro atoms. The molecule has 0 saturated heterocycles. The van der Waals surface area contributed by atoms with Crippen LogP contribution in [0.3, 0.4) is 0 Å². The molecule has 8 heteroatoms. The van der Waals surface area contributed by atoms with Crippen molar-refractivity contribution in [3.05, 3.63) is 54.9 Å². The summed E-state index contributed by atoms with van der Waals surface area (Å²) < 4.78 is 23.4. The minimum absolute atomic E-state index is 0.0759. The van der Waals surface area contributed by atoms with E-state index in [1.807, 2.05) is 23.8 Å². The molecule has 0 atom stereocenters. The lowest BCUT2D eigenvalue weighted by atomic mass is 10.1. The normalized spacial score (nSPS) is 14.5. The monoisotopic (exact) mass is 436 g/mol. The van der Waals surface area contributed by atoms with E-state index in [2.05, 4.69) is 22.2 Å². The van der Waals surface area contributed by atoms with Crippen molar-refractivity contribution in [1.82, 2.24) is 14.5 Å². The Bertz CT molecular complexity index is 1290. The predicted octanol–water partition coefficient (Wildman–Crippen LogP) is 5.85. The molecule has 1 aliphatic rings. The molecule has 1 N–H and O–H groups in total. The molecule has 3 heterocycles. The lowest BCUT2D eigenvalue weighted by Crippen LogP contribution is -2.21. The van der Waals surface area contributed by atoms with E-state index in [4.69, 9.17) is 4.74 Å². The Morgan fingerprint density at radius 1 is 1.26 bits per heavy atom. The standard InChI is InChI=1S/C23H21FN4O2S/c1-3-28-12-17(26-13-28)20-11-16-21(31-20)19(6-9-25-16)30-18-5-4-14(10-15(18)24)27-22(29)23(2)7-8-23/h4-6,9-13H,3,7-8H2,1-2H3,(H,27,29). The third-order valence-corrected chi connectivity index (χ3v) is 6.75. The summed E-state index contributed by atoms with van der Waals surface area (Å²) in [5.74, 6) is 0.000848. The van der Waals surface area contributed by atoms with Crippen molar-refractivity contribution >= 4 is 33.1 Å². The van der Waals surface area contributed by atoms with E-state index in [-0.39, 0.29) is 17.1 Å². The fourth-order valence-corrected chi connectivity index (χ4v) is 4.28. The highest BCUT2D eigenvalue weighted by Crippen LogP contribution is 2.46. The number of imidazole rings is 1. The van der Waals surface area contributed by atoms with Crippen molar-refractivity contribution in [3.8, 4) is 22.1 Å². The zero-order valence-corrected chi connectivity index (χ0v) is 18.0. The zero-order valence-electron chi connectivity index (χ0n) is 17.2. The summed E-state index contributed by atoms with van der Waals surface area (Å²) in [4.78, 5) is 22.0. The molecule has 5 rings (SSSR count). The first-order valence-electron chi connectivity index (χ1n) is 10.1. The van der Waals surface area contributed by atoms with E-state index in [1.165, 1.54) is 23.5 Å². The summed E-state index contributed by atoms with van der Waals surface area (Å²) in [5, 5.41) is 2.78. The number of rotatable bonds is 6. The maximum atomic E-state index is 14.7. The molecule has 1 fully saturated rings. The number of carbonyl (C=O) groups excluding carboxylic acids is 1. The van der Waals surface area contributed by atoms with Crippen molar-refractivity contribution in [1.29, 1.82) is 0 Å². The number of halogens is 1. The van der Waals surface area contributed by atoms with Gasteiger partial charge >= 0.3 is 0 Å². The highest BCUT2D eigenvalue weighted by Gasteiger charge is 2.44. The fourth-order valence-electron chi connectivity index (χ4n) is 3.26. The van der Waals surface area contributed by atoms with Gasteiger partial charge in [-0.2, -0.15) is 0 Å². The number of hydrogen-bond acceptors (Lipinski definition) is 5. The molecule has 31 heavy (non-hydrogen) atoms. The van der Waals surface area contributed by atoms with Crippen LogP contribution in [0.4, 0.5) is 10.1 Å². The second-order valence-electron chi connectivity index (χ2n) is 7.99. The van der Waals surface area contributed by atoms with Crippen molar-refractivity contribution in [3.63, 3.8) is 0 Å². The number of carbonyl (C=O) groups is 1. The number of benzene rings is 1. The molecule has 1 aliphatic carbocycles. The van der Waals surface area contributed by atoms with Crippen LogP contribution in [0.15, 0.2) is 49.1 Å². The summed E-state index contributed by atoms with van der Waals surface area (Å²) in [6, 6.07) is 8.15. The maximum absolute atomic E-state index is 14.7. The minimum atomic E-state index is -0.540. The first-order valence-corrected chi connectivity index (χ1v) is 11.0. The number of nitrogens with zero attached hydrogens (tertiary/aromatic N) is 3. The first-order chi connectivity index (χ1) is 14.9. The van der Waals surface area contributed by atoms with Crippen LogP contribution < -0.4 is 10.1 Å². The number of pyridine rings is 1. The van der Waals surface area contributed by atoms with E-state index in [9.17, 15) is 9.18 Å². The summed E-state index contributed by atoms with van der Waals surface area (Å²) in [6.07, 6.45) is 7.15. The second kappa shape index (κ2) is 7.46. The highest BCUT2D eigenvalue weighted by molar-refractivity contribution is 7.22. The van der Waals surface area contributed by atoms with Crippen molar-refractivity contribution in [2.75, 3.05) is 5.32 Å². The molecule has 1 aromatic carbocycles. The number of nitrogens with one attached hydrogen (secondary N) is 1. The van der Waals surface area contributed by atoms with Gasteiger partial charge in [-0.3, -0.25) is 9.78 Å². The summed E-state index contributed by atoms with van der Waals surface area (Å²) >= 11 is 1.50. The van der Waals surface area contributed by atoms with Gasteiger partial charge in [0.25, 0.3) is 0 Å². The Balaban J connectivity index is 1.40. The van der Waals surface area contributed by atoms with Crippen LogP contribution in [-0.2, 0) is 11.3 Å². The van der Waals surface area contributed by atoms with Crippen LogP contribution in [0.5, 0.6) is 11.5 Å². The SMILES string of the molecule is CCn1cnc(-c2cc3nccc(Oc4ccc(NC(=O)C5(C)CC5)cc4F)c3s2)c1. The number of ether oxygens (including phenoxy) is 1. The van der Waals surface area contributed by atoms with E-state index in [0.717, 1.165) is 40.2 Å². The van der Waals surface area contributed by atoms with Crippen LogP contribution in [0.2, 0.25) is 0 Å². The van der Waals surface area contributed by atoms with E-state index < -0.39 is 5.82 Å². The highest BCUT2D eigenvalue weighted by atomic mass is 32.1. The quantitative estimate of drug-likeness (QED) is 0.412. The molecular weight excluding hydrogens is 415 g/mol. The van der Waals surface area contributed by atoms with Gasteiger partial charge in [-0.05, 0) is 38.0 Å². The molecule has 0 aliphatic heterocycles. The van der Waals surface area contributed by atoms with E-state index in [1.54, 1.807) is 24.7 Å². The fraction of sp³-hybridized carbons (Fsp3) is 0.261. The molecule has 4 aromatic rings. The molecule has 0 bridgehead atoms. The molecule has 0 unspecified atom stereocenters. The average molecular weight is 437 g/mol. The molecule has 3 aromatic heterocycles. The van der Waals surface area contributed by atoms with Gasteiger partial charge in [-0.25, -0.2) is 9.37 Å². The van der Waals surface area contributed by atoms with Gasteiger partial charge in [0.15, 0.2) is 11.6 Å². The predicted molar refractivity (Wildman–Crippen MR) is 119 cm³/mol. The van der Waals surface area contributed by atoms with Gasteiger partial charge < -0.3 is 14.6 Å². The van der Waals surface area contributed by atoms with Crippen molar-refractivity contribution in [2.45, 2.75) is 33.2 Å². The molecule has 1 saturated carbocycles. The van der Waals surface area contributed by atoms with Crippen LogP contribution in [0.1, 0.15) is 26.7 Å². The van der Waals surface area contributed by atoms with E-state index in [0.29, 0.717) is 11.4 Å². The topological polar surface area (TPSA) is 69.0 Å². The minimum Gasteiger partial charge on any atom is -0.453 e. The molecule has 0 radical (unpaired) electrons. The third-order valence-electron chi connectivity index (χ3n) is 5.58. The molecule has 1 amide bonds. The lowest BCUT2D eigenvalue weighted by Gasteiger charge is -2.12. The summed E-state index contributed by atoms with van der Waals surface area (Å²) in [6.45, 7) is 4.81. The van der Waals surface area contributed by atoms with Crippen LogP contribution in [0.25, 0.3) is 20.8 Å². The van der Waals surface area contributed by atoms with Gasteiger partial charge in [-0.15, -0.1) is 11.3 Å². The van der Waals surface area contributed by atoms with Gasteiger partial charge in [0.2, 0.25) is 5.91 Å². The summed E-state index contributed by atoms with van der Waals surface area (Å²) in [5.41, 5.74) is 1.74. The maximum Gasteiger partial charge on any atom is 0.230 e. The number of aryl methyl sites for hydroxylation is 1. The van der Waals surface area contributed by atoms with Gasteiger partial charge in [0.05, 0.1) is 27.1 Å². The van der Waals surface area contributed by atoms with Crippen LogP contribution in [-0.4, -0.2) is 20.4 Å². The molecule has 158 valence electrons. The zero-order chi connectivity index (χ0) is 21.6. The third kappa shape index (κ3) is 3.79. The van der Waals surface area contributed by atoms with Crippen molar-refractivity contribution < 1.29 is 13.9 Å². The van der Waals surface area contributed by atoms with Gasteiger partial charge in [-0.1, -0.05) is 6.92 Å². The molecular formula is C23H21FN4O2S. The number of amides is 1. The number of anilines is 1. The number of hydrogen-bond donors (Lipinski definition) is 1. The van der Waals surface area contributed by atoms with Crippen molar-refractivity contribution in [2.24, 2.45) is 5.41 Å². The smallest absolute Gasteiger partial charge is 0.230 e. The first kappa shape index (κ1) is 19.7. The number of fused-ring (bicyclic) bond motifs is 1. The lowest BCUT2D eigenvalue weighted by molar-refractivity contribution is -0.120. The second-order valence-corrected chi connectivity index (χ2v) is 9.04. The van der Waals surface area contributed by atoms with E-state index >= 15 is 0 Å². The Labute approximate surface area is 182 Å². The number of aromatic nitrogens is 3. The van der Waals surface area contributed by atoms with Gasteiger partial charge in [0.1, 0.15) is 5.75 Å². The Hall–Kier alpha value is -3.26. The largest absolute Gasteiger partial charge is 0.453 e. The Morgan fingerprint density at radius 3 is 2.81 bits per heavy atom. The van der Waals surface area contributed by atoms with Crippen LogP contribution in [0, 0.1) is 11.2 Å². The Morgan fingerprint density at radius 2 is 2.10 bits per heavy atom. The average Bonchev–Trinajstić information content (AvgIpc) is 3.17. The summed E-state index contributed by atoms with van der Waals surface area (Å²) in [7, 11) is 0.